The zero-order valence-electron chi connectivity index (χ0n) is 22.4. The summed E-state index contributed by atoms with van der Waals surface area (Å²) in [5, 5.41) is 0.539. The first-order valence-corrected chi connectivity index (χ1v) is 13.0. The van der Waals surface area contributed by atoms with Gasteiger partial charge in [0.05, 0.1) is 0 Å². The maximum Gasteiger partial charge on any atom is 0.334 e. The number of carbonyl (C=O) groups excluding carboxylic acids is 2. The number of allylic oxidation sites excluding steroid dienone is 9. The van der Waals surface area contributed by atoms with Crippen molar-refractivity contribution in [1.82, 2.24) is 0 Å². The van der Waals surface area contributed by atoms with Gasteiger partial charge in [0.2, 0.25) is 0 Å². The van der Waals surface area contributed by atoms with Crippen LogP contribution in [0.3, 0.4) is 0 Å². The summed E-state index contributed by atoms with van der Waals surface area (Å²) < 4.78 is 10.8. The van der Waals surface area contributed by atoms with Gasteiger partial charge in [0, 0.05) is 23.1 Å². The molecule has 5 heteroatoms. The second-order valence-corrected chi connectivity index (χ2v) is 10.4. The van der Waals surface area contributed by atoms with E-state index in [0.29, 0.717) is 17.0 Å². The Hall–Kier alpha value is -2.85. The Labute approximate surface area is 221 Å². The third-order valence-corrected chi connectivity index (χ3v) is 6.43. The molecule has 1 aliphatic carbocycles. The van der Waals surface area contributed by atoms with Crippen molar-refractivity contribution in [2.45, 2.75) is 79.9 Å². The predicted octanol–water partition coefficient (Wildman–Crippen LogP) is 8.76. The highest BCUT2D eigenvalue weighted by molar-refractivity contribution is 6.30. The lowest BCUT2D eigenvalue weighted by Crippen LogP contribution is -2.19. The van der Waals surface area contributed by atoms with Crippen LogP contribution in [0.1, 0.15) is 85.5 Å². The SMILES string of the molecule is CCCC(=O)OC(OC(=O)/C=C(C)/C=C/C=C(C)/C=C/C1=C(C)CCCC1(C)C)c1ccc(Cl)cc1. The van der Waals surface area contributed by atoms with Crippen molar-refractivity contribution in [2.24, 2.45) is 5.41 Å². The van der Waals surface area contributed by atoms with Crippen LogP contribution in [0.4, 0.5) is 0 Å². The molecule has 194 valence electrons. The molecule has 1 aliphatic rings. The van der Waals surface area contributed by atoms with Crippen LogP contribution in [0.15, 0.2) is 83.0 Å². The quantitative estimate of drug-likeness (QED) is 0.136. The first kappa shape index (κ1) is 29.4. The fourth-order valence-corrected chi connectivity index (χ4v) is 4.29. The molecule has 0 saturated carbocycles. The zero-order valence-corrected chi connectivity index (χ0v) is 23.2. The molecular formula is C31H39ClO4. The van der Waals surface area contributed by atoms with Gasteiger partial charge in [-0.25, -0.2) is 4.79 Å². The largest absolute Gasteiger partial charge is 0.421 e. The second-order valence-electron chi connectivity index (χ2n) is 9.98. The minimum Gasteiger partial charge on any atom is -0.421 e. The van der Waals surface area contributed by atoms with Gasteiger partial charge < -0.3 is 9.47 Å². The van der Waals surface area contributed by atoms with E-state index in [2.05, 4.69) is 39.8 Å². The summed E-state index contributed by atoms with van der Waals surface area (Å²) in [4.78, 5) is 24.6. The van der Waals surface area contributed by atoms with E-state index < -0.39 is 18.2 Å². The first-order chi connectivity index (χ1) is 17.0. The molecule has 0 aliphatic heterocycles. The molecule has 0 N–H and O–H groups in total. The fourth-order valence-electron chi connectivity index (χ4n) is 4.17. The Balaban J connectivity index is 2.04. The maximum absolute atomic E-state index is 12.5. The van der Waals surface area contributed by atoms with Crippen LogP contribution >= 0.6 is 11.6 Å². The molecule has 4 nitrogen and oxygen atoms in total. The Bertz CT molecular complexity index is 1070. The number of carbonyl (C=O) groups is 2. The van der Waals surface area contributed by atoms with Crippen molar-refractivity contribution >= 4 is 23.5 Å². The van der Waals surface area contributed by atoms with Crippen molar-refractivity contribution in [3.05, 3.63) is 93.6 Å². The van der Waals surface area contributed by atoms with Gasteiger partial charge in [-0.05, 0) is 75.1 Å². The Morgan fingerprint density at radius 2 is 1.78 bits per heavy atom. The van der Waals surface area contributed by atoms with Crippen LogP contribution in [-0.4, -0.2) is 11.9 Å². The predicted molar refractivity (Wildman–Crippen MR) is 147 cm³/mol. The summed E-state index contributed by atoms with van der Waals surface area (Å²) >= 11 is 5.95. The van der Waals surface area contributed by atoms with Gasteiger partial charge in [-0.1, -0.05) is 86.0 Å². The minimum atomic E-state index is -1.13. The van der Waals surface area contributed by atoms with Crippen LogP contribution in [0, 0.1) is 5.41 Å². The number of hydrogen-bond donors (Lipinski definition) is 0. The Morgan fingerprint density at radius 1 is 1.08 bits per heavy atom. The summed E-state index contributed by atoms with van der Waals surface area (Å²) in [6.45, 7) is 12.6. The van der Waals surface area contributed by atoms with Gasteiger partial charge in [-0.2, -0.15) is 0 Å². The average molecular weight is 511 g/mol. The highest BCUT2D eigenvalue weighted by atomic mass is 35.5. The maximum atomic E-state index is 12.5. The van der Waals surface area contributed by atoms with E-state index in [9.17, 15) is 9.59 Å². The van der Waals surface area contributed by atoms with Crippen LogP contribution in [0.5, 0.6) is 0 Å². The van der Waals surface area contributed by atoms with Crippen LogP contribution in [-0.2, 0) is 19.1 Å². The molecule has 2 rings (SSSR count). The molecule has 0 amide bonds. The molecule has 1 aromatic rings. The smallest absolute Gasteiger partial charge is 0.334 e. The standard InChI is InChI=1S/C31H39ClO4/c1-7-10-28(33)35-30(25-15-17-26(32)18-16-25)36-29(34)21-23(3)12-8-11-22(2)14-19-27-24(4)13-9-20-31(27,5)6/h8,11-12,14-19,21,30H,7,9-10,13,20H2,1-6H3/b12-8+,19-14+,22-11+,23-21+. The number of benzene rings is 1. The lowest BCUT2D eigenvalue weighted by atomic mass is 9.72. The number of ether oxygens (including phenoxy) is 2. The van der Waals surface area contributed by atoms with E-state index in [0.717, 1.165) is 11.1 Å². The van der Waals surface area contributed by atoms with Gasteiger partial charge in [0.1, 0.15) is 0 Å². The van der Waals surface area contributed by atoms with Gasteiger partial charge in [-0.15, -0.1) is 0 Å². The highest BCUT2D eigenvalue weighted by Crippen LogP contribution is 2.40. The van der Waals surface area contributed by atoms with Crippen molar-refractivity contribution in [2.75, 3.05) is 0 Å². The van der Waals surface area contributed by atoms with Gasteiger partial charge in [0.25, 0.3) is 6.29 Å². The molecule has 1 unspecified atom stereocenters. The summed E-state index contributed by atoms with van der Waals surface area (Å²) in [5.74, 6) is -1.02. The van der Waals surface area contributed by atoms with Crippen molar-refractivity contribution < 1.29 is 19.1 Å². The van der Waals surface area contributed by atoms with E-state index in [-0.39, 0.29) is 11.8 Å². The first-order valence-electron chi connectivity index (χ1n) is 12.6. The third kappa shape index (κ3) is 9.66. The number of esters is 2. The van der Waals surface area contributed by atoms with Crippen molar-refractivity contribution in [1.29, 1.82) is 0 Å². The summed E-state index contributed by atoms with van der Waals surface area (Å²) in [7, 11) is 0. The van der Waals surface area contributed by atoms with Crippen LogP contribution in [0.2, 0.25) is 5.02 Å². The minimum absolute atomic E-state index is 0.212. The number of rotatable bonds is 10. The molecule has 1 aromatic carbocycles. The molecular weight excluding hydrogens is 472 g/mol. The van der Waals surface area contributed by atoms with Crippen LogP contribution in [0.25, 0.3) is 0 Å². The third-order valence-electron chi connectivity index (χ3n) is 6.18. The summed E-state index contributed by atoms with van der Waals surface area (Å²) in [6.07, 6.45) is 14.9. The highest BCUT2D eigenvalue weighted by Gasteiger charge is 2.26. The van der Waals surface area contributed by atoms with E-state index in [1.165, 1.54) is 36.5 Å². The van der Waals surface area contributed by atoms with Gasteiger partial charge in [-0.3, -0.25) is 4.79 Å². The van der Waals surface area contributed by atoms with E-state index in [1.807, 2.05) is 32.1 Å². The van der Waals surface area contributed by atoms with Crippen LogP contribution < -0.4 is 0 Å². The van der Waals surface area contributed by atoms with E-state index >= 15 is 0 Å². The van der Waals surface area contributed by atoms with Gasteiger partial charge >= 0.3 is 11.9 Å². The molecule has 0 radical (unpaired) electrons. The lowest BCUT2D eigenvalue weighted by Gasteiger charge is -2.32. The van der Waals surface area contributed by atoms with Crippen molar-refractivity contribution in [3.63, 3.8) is 0 Å². The van der Waals surface area contributed by atoms with E-state index in [4.69, 9.17) is 21.1 Å². The molecule has 0 saturated heterocycles. The van der Waals surface area contributed by atoms with Crippen molar-refractivity contribution in [3.8, 4) is 0 Å². The molecule has 0 bridgehead atoms. The second kappa shape index (κ2) is 14.0. The molecule has 36 heavy (non-hydrogen) atoms. The Morgan fingerprint density at radius 3 is 2.42 bits per heavy atom. The van der Waals surface area contributed by atoms with E-state index in [1.54, 1.807) is 24.3 Å². The zero-order chi connectivity index (χ0) is 26.7. The molecule has 0 heterocycles. The Kier molecular flexibility index (Phi) is 11.5. The monoisotopic (exact) mass is 510 g/mol. The molecule has 0 fully saturated rings. The summed E-state index contributed by atoms with van der Waals surface area (Å²) in [5.41, 5.74) is 5.49. The summed E-state index contributed by atoms with van der Waals surface area (Å²) in [6, 6.07) is 6.66. The number of halogens is 1. The average Bonchev–Trinajstić information content (AvgIpc) is 2.78. The fraction of sp³-hybridized carbons (Fsp3) is 0.419. The normalized spacial score (nSPS) is 17.5. The topological polar surface area (TPSA) is 52.6 Å². The molecule has 0 spiro atoms. The van der Waals surface area contributed by atoms with Gasteiger partial charge in [0.15, 0.2) is 0 Å². The molecule has 1 atom stereocenters. The molecule has 0 aromatic heterocycles. The number of hydrogen-bond acceptors (Lipinski definition) is 4. The lowest BCUT2D eigenvalue weighted by molar-refractivity contribution is -0.186.